The number of fused-ring (bicyclic) bond motifs is 1. The zero-order valence-corrected chi connectivity index (χ0v) is 9.89. The largest absolute Gasteiger partial charge is 0.366 e. The van der Waals surface area contributed by atoms with E-state index in [0.717, 1.165) is 36.2 Å². The summed E-state index contributed by atoms with van der Waals surface area (Å²) in [4.78, 5) is 19.7. The summed E-state index contributed by atoms with van der Waals surface area (Å²) in [6.45, 7) is 0. The van der Waals surface area contributed by atoms with Crippen LogP contribution in [0.1, 0.15) is 28.0 Å². The summed E-state index contributed by atoms with van der Waals surface area (Å²) in [6, 6.07) is 7.25. The lowest BCUT2D eigenvalue weighted by molar-refractivity contribution is 0.100. The van der Waals surface area contributed by atoms with E-state index in [1.54, 1.807) is 18.5 Å². The number of carbonyl (C=O) groups excluding carboxylic acids is 1. The van der Waals surface area contributed by atoms with Gasteiger partial charge in [-0.05, 0) is 37.0 Å². The van der Waals surface area contributed by atoms with Gasteiger partial charge >= 0.3 is 0 Å². The van der Waals surface area contributed by atoms with Gasteiger partial charge in [-0.25, -0.2) is 9.97 Å². The maximum atomic E-state index is 11.0. The lowest BCUT2D eigenvalue weighted by atomic mass is 10.0. The van der Waals surface area contributed by atoms with Crippen molar-refractivity contribution in [2.45, 2.75) is 19.3 Å². The molecule has 0 aliphatic heterocycles. The first-order chi connectivity index (χ1) is 8.75. The summed E-state index contributed by atoms with van der Waals surface area (Å²) in [6.07, 6.45) is 4.81. The average Bonchev–Trinajstić information content (AvgIpc) is 2.87. The third-order valence-corrected chi connectivity index (χ3v) is 3.32. The molecule has 2 aromatic rings. The Kier molecular flexibility index (Phi) is 2.55. The Bertz CT molecular complexity index is 605. The topological polar surface area (TPSA) is 68.9 Å². The van der Waals surface area contributed by atoms with Crippen LogP contribution in [0.15, 0.2) is 30.6 Å². The molecule has 3 rings (SSSR count). The van der Waals surface area contributed by atoms with Gasteiger partial charge in [-0.2, -0.15) is 0 Å². The van der Waals surface area contributed by atoms with Crippen molar-refractivity contribution in [2.24, 2.45) is 5.73 Å². The Morgan fingerprint density at radius 1 is 1.11 bits per heavy atom. The van der Waals surface area contributed by atoms with Crippen molar-refractivity contribution < 1.29 is 4.79 Å². The Hall–Kier alpha value is -2.23. The van der Waals surface area contributed by atoms with Gasteiger partial charge in [0.2, 0.25) is 5.91 Å². The molecule has 0 bridgehead atoms. The van der Waals surface area contributed by atoms with E-state index in [1.165, 1.54) is 5.56 Å². The van der Waals surface area contributed by atoms with Gasteiger partial charge in [0.05, 0.1) is 5.69 Å². The minimum atomic E-state index is -0.408. The fraction of sp³-hybridized carbons (Fsp3) is 0.214. The van der Waals surface area contributed by atoms with Crippen molar-refractivity contribution >= 4 is 5.91 Å². The number of nitrogens with zero attached hydrogens (tertiary/aromatic N) is 2. The third-order valence-electron chi connectivity index (χ3n) is 3.32. The molecule has 0 saturated heterocycles. The summed E-state index contributed by atoms with van der Waals surface area (Å²) in [5, 5.41) is 0. The number of aromatic nitrogens is 2. The molecular weight excluding hydrogens is 226 g/mol. The number of nitrogens with two attached hydrogens (primary N) is 1. The summed E-state index contributed by atoms with van der Waals surface area (Å²) in [7, 11) is 0. The minimum Gasteiger partial charge on any atom is -0.366 e. The fourth-order valence-corrected chi connectivity index (χ4v) is 2.40. The number of carbonyl (C=O) groups is 1. The van der Waals surface area contributed by atoms with E-state index in [4.69, 9.17) is 5.73 Å². The molecule has 1 aliphatic rings. The van der Waals surface area contributed by atoms with E-state index in [1.807, 2.05) is 12.1 Å². The molecule has 1 amide bonds. The van der Waals surface area contributed by atoms with Crippen LogP contribution in [-0.4, -0.2) is 15.9 Å². The number of rotatable bonds is 2. The maximum Gasteiger partial charge on any atom is 0.248 e. The minimum absolute atomic E-state index is 0.408. The highest BCUT2D eigenvalue weighted by Crippen LogP contribution is 2.29. The first-order valence-electron chi connectivity index (χ1n) is 5.98. The predicted octanol–water partition coefficient (Wildman–Crippen LogP) is 1.73. The first-order valence-corrected chi connectivity index (χ1v) is 5.98. The van der Waals surface area contributed by atoms with Crippen LogP contribution in [0.4, 0.5) is 0 Å². The van der Waals surface area contributed by atoms with Crippen molar-refractivity contribution in [2.75, 3.05) is 0 Å². The Balaban J connectivity index is 2.05. The number of hydrogen-bond donors (Lipinski definition) is 1. The molecule has 0 spiro atoms. The van der Waals surface area contributed by atoms with E-state index >= 15 is 0 Å². The van der Waals surface area contributed by atoms with Crippen molar-refractivity contribution in [1.82, 2.24) is 9.97 Å². The molecule has 0 fully saturated rings. The molecule has 1 aliphatic carbocycles. The van der Waals surface area contributed by atoms with E-state index < -0.39 is 5.91 Å². The lowest BCUT2D eigenvalue weighted by Crippen LogP contribution is -2.10. The second-order valence-corrected chi connectivity index (χ2v) is 4.44. The summed E-state index contributed by atoms with van der Waals surface area (Å²) >= 11 is 0. The molecule has 4 nitrogen and oxygen atoms in total. The maximum absolute atomic E-state index is 11.0. The van der Waals surface area contributed by atoms with Crippen molar-refractivity contribution in [3.8, 4) is 11.3 Å². The highest BCUT2D eigenvalue weighted by atomic mass is 16.1. The molecule has 0 radical (unpaired) electrons. The van der Waals surface area contributed by atoms with Crippen LogP contribution >= 0.6 is 0 Å². The van der Waals surface area contributed by atoms with Gasteiger partial charge < -0.3 is 5.73 Å². The zero-order valence-electron chi connectivity index (χ0n) is 9.89. The molecule has 1 aromatic heterocycles. The van der Waals surface area contributed by atoms with E-state index in [2.05, 4.69) is 9.97 Å². The van der Waals surface area contributed by atoms with Crippen molar-refractivity contribution in [1.29, 1.82) is 0 Å². The number of amides is 1. The van der Waals surface area contributed by atoms with Gasteiger partial charge in [0.25, 0.3) is 0 Å². The number of primary amides is 1. The van der Waals surface area contributed by atoms with Crippen LogP contribution in [0.2, 0.25) is 0 Å². The van der Waals surface area contributed by atoms with E-state index in [9.17, 15) is 4.79 Å². The molecule has 1 aromatic carbocycles. The monoisotopic (exact) mass is 239 g/mol. The molecule has 18 heavy (non-hydrogen) atoms. The summed E-state index contributed by atoms with van der Waals surface area (Å²) < 4.78 is 0. The van der Waals surface area contributed by atoms with Gasteiger partial charge in [-0.15, -0.1) is 0 Å². The molecule has 2 N–H and O–H groups in total. The Morgan fingerprint density at radius 3 is 2.61 bits per heavy atom. The normalized spacial score (nSPS) is 13.3. The van der Waals surface area contributed by atoms with E-state index in [-0.39, 0.29) is 0 Å². The number of benzene rings is 1. The van der Waals surface area contributed by atoms with Gasteiger partial charge in [0.1, 0.15) is 6.33 Å². The predicted molar refractivity (Wildman–Crippen MR) is 68.0 cm³/mol. The van der Waals surface area contributed by atoms with Crippen molar-refractivity contribution in [3.05, 3.63) is 47.4 Å². The second kappa shape index (κ2) is 4.22. The molecule has 90 valence electrons. The molecule has 4 heteroatoms. The molecule has 0 saturated carbocycles. The van der Waals surface area contributed by atoms with Gasteiger partial charge in [-0.1, -0.05) is 12.1 Å². The number of aryl methyl sites for hydroxylation is 1. The van der Waals surface area contributed by atoms with Crippen LogP contribution in [0.3, 0.4) is 0 Å². The first kappa shape index (κ1) is 10.9. The fourth-order valence-electron chi connectivity index (χ4n) is 2.40. The smallest absolute Gasteiger partial charge is 0.248 e. The summed E-state index contributed by atoms with van der Waals surface area (Å²) in [5.41, 5.74) is 10.1. The molecule has 0 atom stereocenters. The Morgan fingerprint density at radius 2 is 1.89 bits per heavy atom. The average molecular weight is 239 g/mol. The quantitative estimate of drug-likeness (QED) is 0.867. The summed E-state index contributed by atoms with van der Waals surface area (Å²) in [5.74, 6) is -0.408. The van der Waals surface area contributed by atoms with Crippen LogP contribution < -0.4 is 5.73 Å². The van der Waals surface area contributed by atoms with Crippen LogP contribution in [-0.2, 0) is 12.8 Å². The van der Waals surface area contributed by atoms with Crippen molar-refractivity contribution in [3.63, 3.8) is 0 Å². The zero-order chi connectivity index (χ0) is 12.5. The molecule has 1 heterocycles. The second-order valence-electron chi connectivity index (χ2n) is 4.44. The number of hydrogen-bond acceptors (Lipinski definition) is 3. The lowest BCUT2D eigenvalue weighted by Gasteiger charge is -2.06. The van der Waals surface area contributed by atoms with Gasteiger partial charge in [-0.3, -0.25) is 4.79 Å². The highest BCUT2D eigenvalue weighted by molar-refractivity contribution is 5.93. The van der Waals surface area contributed by atoms with Gasteiger partial charge in [0, 0.05) is 16.8 Å². The SMILES string of the molecule is NC(=O)c1ccc(-c2ncnc3c2CCC3)cc1. The third kappa shape index (κ3) is 1.76. The van der Waals surface area contributed by atoms with Crippen LogP contribution in [0.25, 0.3) is 11.3 Å². The van der Waals surface area contributed by atoms with Crippen LogP contribution in [0.5, 0.6) is 0 Å². The molecular formula is C14H13N3O. The standard InChI is InChI=1S/C14H13N3O/c15-14(18)10-6-4-9(5-7-10)13-11-2-1-3-12(11)16-8-17-13/h4-8H,1-3H2,(H2,15,18). The molecule has 0 unspecified atom stereocenters. The Labute approximate surface area is 105 Å². The van der Waals surface area contributed by atoms with Crippen LogP contribution in [0, 0.1) is 0 Å². The van der Waals surface area contributed by atoms with Gasteiger partial charge in [0.15, 0.2) is 0 Å². The highest BCUT2D eigenvalue weighted by Gasteiger charge is 2.17. The van der Waals surface area contributed by atoms with E-state index in [0.29, 0.717) is 5.56 Å².